The van der Waals surface area contributed by atoms with Crippen LogP contribution in [0.3, 0.4) is 0 Å². The summed E-state index contributed by atoms with van der Waals surface area (Å²) in [6.45, 7) is 4.26. The fourth-order valence-electron chi connectivity index (χ4n) is 1.99. The zero-order valence-corrected chi connectivity index (χ0v) is 14.6. The second kappa shape index (κ2) is 6.82. The normalized spacial score (nSPS) is 10.5. The van der Waals surface area contributed by atoms with E-state index < -0.39 is 0 Å². The largest absolute Gasteiger partial charge is 0.492 e. The Morgan fingerprint density at radius 3 is 2.48 bits per heavy atom. The number of aryl methyl sites for hydroxylation is 1. The molecule has 2 aromatic carbocycles. The van der Waals surface area contributed by atoms with Crippen LogP contribution < -0.4 is 4.74 Å². The van der Waals surface area contributed by atoms with Crippen LogP contribution in [0.15, 0.2) is 34.8 Å². The highest BCUT2D eigenvalue weighted by atomic mass is 79.9. The third kappa shape index (κ3) is 3.79. The summed E-state index contributed by atoms with van der Waals surface area (Å²) in [5.41, 5.74) is 1.91. The molecule has 0 amide bonds. The van der Waals surface area contributed by atoms with Gasteiger partial charge in [-0.3, -0.25) is 4.79 Å². The molecule has 0 aliphatic heterocycles. The van der Waals surface area contributed by atoms with E-state index in [4.69, 9.17) is 27.9 Å². The molecule has 110 valence electrons. The Morgan fingerprint density at radius 1 is 1.14 bits per heavy atom. The first-order chi connectivity index (χ1) is 9.92. The summed E-state index contributed by atoms with van der Waals surface area (Å²) < 4.78 is 6.21. The molecular weight excluding hydrogens is 375 g/mol. The van der Waals surface area contributed by atoms with E-state index in [1.54, 1.807) is 18.2 Å². The molecule has 0 bridgehead atoms. The quantitative estimate of drug-likeness (QED) is 0.629. The maximum Gasteiger partial charge on any atom is 0.194 e. The Labute approximate surface area is 142 Å². The molecule has 0 unspecified atom stereocenters. The fourth-order valence-corrected chi connectivity index (χ4v) is 3.06. The van der Waals surface area contributed by atoms with Gasteiger partial charge in [-0.25, -0.2) is 0 Å². The van der Waals surface area contributed by atoms with Gasteiger partial charge in [-0.2, -0.15) is 0 Å². The first-order valence-electron chi connectivity index (χ1n) is 6.36. The minimum absolute atomic E-state index is 0.172. The van der Waals surface area contributed by atoms with Crippen LogP contribution in [0.1, 0.15) is 28.4 Å². The monoisotopic (exact) mass is 386 g/mol. The van der Waals surface area contributed by atoms with Crippen molar-refractivity contribution in [1.29, 1.82) is 0 Å². The summed E-state index contributed by atoms with van der Waals surface area (Å²) in [7, 11) is 0. The van der Waals surface area contributed by atoms with Crippen molar-refractivity contribution in [2.24, 2.45) is 0 Å². The molecule has 0 heterocycles. The summed E-state index contributed by atoms with van der Waals surface area (Å²) in [4.78, 5) is 12.6. The molecule has 0 radical (unpaired) electrons. The number of rotatable bonds is 4. The first-order valence-corrected chi connectivity index (χ1v) is 7.91. The van der Waals surface area contributed by atoms with Crippen molar-refractivity contribution in [2.45, 2.75) is 13.8 Å². The maximum atomic E-state index is 12.6. The molecule has 0 aliphatic carbocycles. The molecule has 0 atom stereocenters. The van der Waals surface area contributed by atoms with E-state index in [1.165, 1.54) is 0 Å². The number of halogens is 3. The third-order valence-corrected chi connectivity index (χ3v) is 3.94. The average Bonchev–Trinajstić information content (AvgIpc) is 2.41. The molecule has 2 nitrogen and oxygen atoms in total. The van der Waals surface area contributed by atoms with Crippen molar-refractivity contribution in [2.75, 3.05) is 6.61 Å². The van der Waals surface area contributed by atoms with E-state index in [9.17, 15) is 4.79 Å². The molecule has 0 aromatic heterocycles. The Balaban J connectivity index is 2.46. The van der Waals surface area contributed by atoms with E-state index in [0.29, 0.717) is 33.5 Å². The predicted molar refractivity (Wildman–Crippen MR) is 89.9 cm³/mol. The molecule has 0 aliphatic rings. The molecule has 21 heavy (non-hydrogen) atoms. The first kappa shape index (κ1) is 16.3. The van der Waals surface area contributed by atoms with Crippen molar-refractivity contribution in [1.82, 2.24) is 0 Å². The van der Waals surface area contributed by atoms with Gasteiger partial charge < -0.3 is 4.74 Å². The van der Waals surface area contributed by atoms with Crippen LogP contribution in [0, 0.1) is 6.92 Å². The van der Waals surface area contributed by atoms with Crippen LogP contribution in [0.25, 0.3) is 0 Å². The average molecular weight is 388 g/mol. The van der Waals surface area contributed by atoms with Crippen LogP contribution in [0.4, 0.5) is 0 Å². The van der Waals surface area contributed by atoms with E-state index in [1.807, 2.05) is 26.0 Å². The van der Waals surface area contributed by atoms with Crippen LogP contribution in [-0.2, 0) is 0 Å². The molecule has 2 rings (SSSR count). The zero-order valence-electron chi connectivity index (χ0n) is 11.5. The lowest BCUT2D eigenvalue weighted by Crippen LogP contribution is -2.04. The van der Waals surface area contributed by atoms with Gasteiger partial charge in [-0.1, -0.05) is 39.1 Å². The smallest absolute Gasteiger partial charge is 0.194 e. The lowest BCUT2D eigenvalue weighted by molar-refractivity contribution is 0.103. The highest BCUT2D eigenvalue weighted by Gasteiger charge is 2.17. The minimum atomic E-state index is -0.172. The Hall–Kier alpha value is -1.03. The zero-order chi connectivity index (χ0) is 15.6. The maximum absolute atomic E-state index is 12.6. The Morgan fingerprint density at radius 2 is 1.86 bits per heavy atom. The topological polar surface area (TPSA) is 26.3 Å². The molecule has 0 N–H and O–H groups in total. The molecule has 0 saturated carbocycles. The second-order valence-corrected chi connectivity index (χ2v) is 6.27. The van der Waals surface area contributed by atoms with Gasteiger partial charge >= 0.3 is 0 Å². The number of hydrogen-bond acceptors (Lipinski definition) is 2. The van der Waals surface area contributed by atoms with E-state index >= 15 is 0 Å². The number of ketones is 1. The molecule has 0 spiro atoms. The number of carbonyl (C=O) groups is 1. The van der Waals surface area contributed by atoms with Crippen LogP contribution in [-0.4, -0.2) is 12.4 Å². The van der Waals surface area contributed by atoms with Gasteiger partial charge in [0.15, 0.2) is 5.78 Å². The molecule has 5 heteroatoms. The minimum Gasteiger partial charge on any atom is -0.492 e. The highest BCUT2D eigenvalue weighted by Crippen LogP contribution is 2.32. The summed E-state index contributed by atoms with van der Waals surface area (Å²) in [6, 6.07) is 8.63. The third-order valence-electron chi connectivity index (χ3n) is 2.87. The van der Waals surface area contributed by atoms with Gasteiger partial charge in [0.2, 0.25) is 0 Å². The lowest BCUT2D eigenvalue weighted by atomic mass is 10.0. The van der Waals surface area contributed by atoms with Crippen LogP contribution in [0.2, 0.25) is 10.0 Å². The van der Waals surface area contributed by atoms with E-state index in [0.717, 1.165) is 10.0 Å². The van der Waals surface area contributed by atoms with Crippen molar-refractivity contribution in [3.63, 3.8) is 0 Å². The van der Waals surface area contributed by atoms with E-state index in [2.05, 4.69) is 15.9 Å². The Kier molecular flexibility index (Phi) is 5.31. The number of ether oxygens (including phenoxy) is 1. The predicted octanol–water partition coefficient (Wildman–Crippen LogP) is 5.69. The fraction of sp³-hybridized carbons (Fsp3) is 0.188. The summed E-state index contributed by atoms with van der Waals surface area (Å²) >= 11 is 15.7. The molecular formula is C16H13BrCl2O2. The standard InChI is InChI=1S/C16H13BrCl2O2/c1-3-21-15-8-13(18)12(7-14(15)19)16(20)10-4-9(2)5-11(17)6-10/h4-8H,3H2,1-2H3. The van der Waals surface area contributed by atoms with Gasteiger partial charge in [0.05, 0.1) is 16.7 Å². The van der Waals surface area contributed by atoms with Gasteiger partial charge in [0.25, 0.3) is 0 Å². The number of hydrogen-bond donors (Lipinski definition) is 0. The van der Waals surface area contributed by atoms with E-state index in [-0.39, 0.29) is 5.78 Å². The van der Waals surface area contributed by atoms with Gasteiger partial charge in [0.1, 0.15) is 5.75 Å². The summed E-state index contributed by atoms with van der Waals surface area (Å²) in [5, 5.41) is 0.696. The second-order valence-electron chi connectivity index (χ2n) is 4.54. The van der Waals surface area contributed by atoms with Crippen LogP contribution >= 0.6 is 39.1 Å². The lowest BCUT2D eigenvalue weighted by Gasteiger charge is -2.10. The highest BCUT2D eigenvalue weighted by molar-refractivity contribution is 9.10. The van der Waals surface area contributed by atoms with Crippen molar-refractivity contribution >= 4 is 44.9 Å². The summed E-state index contributed by atoms with van der Waals surface area (Å²) in [6.07, 6.45) is 0. The van der Waals surface area contributed by atoms with Crippen molar-refractivity contribution < 1.29 is 9.53 Å². The molecule has 0 fully saturated rings. The molecule has 2 aromatic rings. The molecule has 0 saturated heterocycles. The van der Waals surface area contributed by atoms with Crippen molar-refractivity contribution in [3.8, 4) is 5.75 Å². The van der Waals surface area contributed by atoms with Crippen LogP contribution in [0.5, 0.6) is 5.75 Å². The van der Waals surface area contributed by atoms with Gasteiger partial charge in [0, 0.05) is 21.7 Å². The van der Waals surface area contributed by atoms with Gasteiger partial charge in [-0.15, -0.1) is 0 Å². The summed E-state index contributed by atoms with van der Waals surface area (Å²) in [5.74, 6) is 0.306. The Bertz CT molecular complexity index is 679. The number of carbonyl (C=O) groups excluding carboxylic acids is 1. The van der Waals surface area contributed by atoms with Gasteiger partial charge in [-0.05, 0) is 43.7 Å². The number of benzene rings is 2. The van der Waals surface area contributed by atoms with Crippen molar-refractivity contribution in [3.05, 3.63) is 61.5 Å². The SMILES string of the molecule is CCOc1cc(Cl)c(C(=O)c2cc(C)cc(Br)c2)cc1Cl.